The zero-order valence-corrected chi connectivity index (χ0v) is 23.7. The predicted molar refractivity (Wildman–Crippen MR) is 153 cm³/mol. The quantitative estimate of drug-likeness (QED) is 0.429. The van der Waals surface area contributed by atoms with Gasteiger partial charge in [-0.3, -0.25) is 14.6 Å². The van der Waals surface area contributed by atoms with Crippen molar-refractivity contribution in [1.29, 1.82) is 0 Å². The maximum Gasteiger partial charge on any atom is 0.259 e. The third-order valence-corrected chi connectivity index (χ3v) is 8.97. The molecular weight excluding hydrogens is 520 g/mol. The van der Waals surface area contributed by atoms with E-state index in [0.717, 1.165) is 57.1 Å². The molecule has 0 radical (unpaired) electrons. The lowest BCUT2D eigenvalue weighted by Gasteiger charge is -2.42. The highest BCUT2D eigenvalue weighted by atomic mass is 16.5. The van der Waals surface area contributed by atoms with Crippen LogP contribution in [-0.2, 0) is 4.74 Å². The van der Waals surface area contributed by atoms with E-state index in [9.17, 15) is 9.59 Å². The molecule has 3 aromatic rings. The minimum Gasteiger partial charge on any atom is -0.492 e. The van der Waals surface area contributed by atoms with Gasteiger partial charge in [-0.15, -0.1) is 0 Å². The first kappa shape index (κ1) is 27.4. The van der Waals surface area contributed by atoms with Gasteiger partial charge in [0.2, 0.25) is 0 Å². The third kappa shape index (κ3) is 5.73. The molecule has 0 bridgehead atoms. The topological polar surface area (TPSA) is 98.0 Å². The lowest BCUT2D eigenvalue weighted by molar-refractivity contribution is 0.0302. The van der Waals surface area contributed by atoms with Crippen molar-refractivity contribution in [2.75, 3.05) is 39.5 Å². The number of hydrogen-bond acceptors (Lipinski definition) is 7. The Bertz CT molecular complexity index is 1370. The van der Waals surface area contributed by atoms with Crippen molar-refractivity contribution in [3.05, 3.63) is 65.7 Å². The Labute approximate surface area is 240 Å². The van der Waals surface area contributed by atoms with Gasteiger partial charge in [0.25, 0.3) is 11.8 Å². The first-order chi connectivity index (χ1) is 20.0. The Kier molecular flexibility index (Phi) is 8.05. The van der Waals surface area contributed by atoms with E-state index in [-0.39, 0.29) is 23.3 Å². The van der Waals surface area contributed by atoms with Gasteiger partial charge in [0, 0.05) is 49.6 Å². The molecule has 6 rings (SSSR count). The fourth-order valence-corrected chi connectivity index (χ4v) is 6.49. The fraction of sp³-hybridized carbons (Fsp3) is 0.500. The van der Waals surface area contributed by atoms with Gasteiger partial charge in [-0.05, 0) is 69.7 Å². The Hall–Kier alpha value is -3.72. The molecule has 0 N–H and O–H groups in total. The number of ether oxygens (including phenoxy) is 2. The maximum absolute atomic E-state index is 13.7. The zero-order chi connectivity index (χ0) is 28.2. The van der Waals surface area contributed by atoms with Crippen LogP contribution in [0.25, 0.3) is 11.3 Å². The van der Waals surface area contributed by atoms with Crippen LogP contribution >= 0.6 is 0 Å². The van der Waals surface area contributed by atoms with Crippen LogP contribution in [0, 0.1) is 12.3 Å². The van der Waals surface area contributed by atoms with Gasteiger partial charge >= 0.3 is 0 Å². The molecule has 0 saturated carbocycles. The highest BCUT2D eigenvalue weighted by molar-refractivity contribution is 6.00. The van der Waals surface area contributed by atoms with E-state index >= 15 is 0 Å². The molecule has 2 amide bonds. The lowest BCUT2D eigenvalue weighted by Crippen LogP contribution is -2.46. The van der Waals surface area contributed by atoms with E-state index in [0.29, 0.717) is 61.2 Å². The first-order valence-corrected chi connectivity index (χ1v) is 14.8. The highest BCUT2D eigenvalue weighted by Gasteiger charge is 2.39. The molecule has 3 aliphatic rings. The molecule has 9 nitrogen and oxygen atoms in total. The number of benzene rings is 1. The summed E-state index contributed by atoms with van der Waals surface area (Å²) in [5.74, 6) is 1.10. The van der Waals surface area contributed by atoms with E-state index in [1.165, 1.54) is 0 Å². The summed E-state index contributed by atoms with van der Waals surface area (Å²) >= 11 is 0. The number of hydrogen-bond donors (Lipinski definition) is 0. The lowest BCUT2D eigenvalue weighted by atomic mass is 9.75. The number of piperidine rings is 1. The summed E-state index contributed by atoms with van der Waals surface area (Å²) in [6.07, 6.45) is 9.98. The number of para-hydroxylation sites is 1. The van der Waals surface area contributed by atoms with Crippen molar-refractivity contribution in [3.63, 3.8) is 0 Å². The Morgan fingerprint density at radius 2 is 1.88 bits per heavy atom. The van der Waals surface area contributed by atoms with E-state index in [1.807, 2.05) is 46.2 Å². The molecule has 9 heteroatoms. The predicted octanol–water partition coefficient (Wildman–Crippen LogP) is 5.15. The summed E-state index contributed by atoms with van der Waals surface area (Å²) in [4.78, 5) is 35.3. The molecular formula is C32H38N4O5. The first-order valence-electron chi connectivity index (χ1n) is 14.8. The molecule has 0 aliphatic carbocycles. The number of rotatable bonds is 2. The van der Waals surface area contributed by atoms with Crippen LogP contribution in [-0.4, -0.2) is 77.3 Å². The van der Waals surface area contributed by atoms with Gasteiger partial charge in [-0.25, -0.2) is 0 Å². The minimum atomic E-state index is -0.0941. The van der Waals surface area contributed by atoms with Gasteiger partial charge < -0.3 is 23.8 Å². The van der Waals surface area contributed by atoms with Crippen LogP contribution in [0.15, 0.2) is 53.3 Å². The zero-order valence-electron chi connectivity index (χ0n) is 23.7. The summed E-state index contributed by atoms with van der Waals surface area (Å²) < 4.78 is 18.0. The second-order valence-electron chi connectivity index (χ2n) is 11.6. The molecule has 1 aromatic carbocycles. The molecule has 41 heavy (non-hydrogen) atoms. The van der Waals surface area contributed by atoms with E-state index in [1.54, 1.807) is 19.3 Å². The normalized spacial score (nSPS) is 21.6. The molecule has 2 saturated heterocycles. The molecule has 3 aliphatic heterocycles. The number of aryl methyl sites for hydroxylation is 1. The molecule has 2 aromatic heterocycles. The summed E-state index contributed by atoms with van der Waals surface area (Å²) in [5.41, 5.74) is 2.31. The summed E-state index contributed by atoms with van der Waals surface area (Å²) in [6, 6.07) is 11.4. The summed E-state index contributed by atoms with van der Waals surface area (Å²) in [7, 11) is 0. The van der Waals surface area contributed by atoms with Crippen LogP contribution in [0.5, 0.6) is 5.75 Å². The molecule has 1 spiro atoms. The highest BCUT2D eigenvalue weighted by Crippen LogP contribution is 2.39. The van der Waals surface area contributed by atoms with Crippen LogP contribution in [0.1, 0.15) is 71.4 Å². The van der Waals surface area contributed by atoms with E-state index in [4.69, 9.17) is 14.0 Å². The Balaban J connectivity index is 1.19. The number of amides is 2. The second kappa shape index (κ2) is 12.0. The van der Waals surface area contributed by atoms with E-state index < -0.39 is 0 Å². The maximum atomic E-state index is 13.7. The van der Waals surface area contributed by atoms with Gasteiger partial charge in [0.1, 0.15) is 22.8 Å². The van der Waals surface area contributed by atoms with Crippen molar-refractivity contribution < 1.29 is 23.6 Å². The average Bonchev–Trinajstić information content (AvgIpc) is 3.64. The van der Waals surface area contributed by atoms with E-state index in [2.05, 4.69) is 10.1 Å². The fourth-order valence-electron chi connectivity index (χ4n) is 6.49. The number of likely N-dealkylation sites (tertiary alicyclic amines) is 1. The summed E-state index contributed by atoms with van der Waals surface area (Å²) in [5, 5.41) is 4.18. The minimum absolute atomic E-state index is 0.0201. The molecule has 216 valence electrons. The van der Waals surface area contributed by atoms with Crippen molar-refractivity contribution in [1.82, 2.24) is 19.9 Å². The van der Waals surface area contributed by atoms with Crippen molar-refractivity contribution in [2.24, 2.45) is 5.41 Å². The summed E-state index contributed by atoms with van der Waals surface area (Å²) in [6.45, 7) is 5.56. The van der Waals surface area contributed by atoms with Crippen molar-refractivity contribution >= 4 is 11.8 Å². The average molecular weight is 559 g/mol. The molecule has 5 heterocycles. The number of carbonyl (C=O) groups excluding carboxylic acids is 2. The second-order valence-corrected chi connectivity index (χ2v) is 11.6. The SMILES string of the molecule is Cc1onc(-c2cccnc2)c1C(=O)N1CCC2(CCCCOC[C@@H]3CCCN3C(=O)c3ccccc3OC2)CC1. The third-order valence-electron chi connectivity index (χ3n) is 8.97. The van der Waals surface area contributed by atoms with Crippen LogP contribution in [0.2, 0.25) is 0 Å². The van der Waals surface area contributed by atoms with Gasteiger partial charge in [-0.2, -0.15) is 0 Å². The number of aromatic nitrogens is 2. The number of fused-ring (bicyclic) bond motifs is 2. The number of nitrogens with zero attached hydrogens (tertiary/aromatic N) is 4. The molecule has 0 unspecified atom stereocenters. The Morgan fingerprint density at radius 3 is 2.71 bits per heavy atom. The molecule has 1 atom stereocenters. The smallest absolute Gasteiger partial charge is 0.259 e. The Morgan fingerprint density at radius 1 is 1.02 bits per heavy atom. The number of carbonyl (C=O) groups is 2. The van der Waals surface area contributed by atoms with Gasteiger partial charge in [0.15, 0.2) is 0 Å². The van der Waals surface area contributed by atoms with Gasteiger partial charge in [-0.1, -0.05) is 23.7 Å². The largest absolute Gasteiger partial charge is 0.492 e. The standard InChI is InChI=1S/C32H38N4O5/c1-23-28(29(34-41-23)24-8-6-15-33-20-24)31(38)35-17-13-32(14-18-35)12-4-5-19-39-21-25-9-7-16-36(25)30(37)26-10-2-3-11-27(26)40-22-32/h2-3,6,8,10-11,15,20,25H,4-5,7,9,12-14,16-19,21-22H2,1H3/t25-/m0/s1. The monoisotopic (exact) mass is 558 g/mol. The van der Waals surface area contributed by atoms with Crippen LogP contribution in [0.4, 0.5) is 0 Å². The van der Waals surface area contributed by atoms with Gasteiger partial charge in [0.05, 0.1) is 24.8 Å². The van der Waals surface area contributed by atoms with Crippen molar-refractivity contribution in [3.8, 4) is 17.0 Å². The van der Waals surface area contributed by atoms with Crippen LogP contribution < -0.4 is 4.74 Å². The van der Waals surface area contributed by atoms with Crippen molar-refractivity contribution in [2.45, 2.75) is 57.9 Å². The van der Waals surface area contributed by atoms with Crippen LogP contribution in [0.3, 0.4) is 0 Å². The molecule has 2 fully saturated rings. The number of pyridine rings is 1.